The van der Waals surface area contributed by atoms with Gasteiger partial charge in [0, 0.05) is 23.9 Å². The number of non-ortho nitro benzene ring substituents is 1. The first-order valence-electron chi connectivity index (χ1n) is 7.41. The number of nitrogens with zero attached hydrogens (tertiary/aromatic N) is 2. The standard InChI is InChI=1S/C16H16N4O5/c1-2-25-14(21)10-18-15-13(4-3-9-17-15)19-16(22)11-5-7-12(8-6-11)20(23)24/h3-9H,2,10H2,1H3,(H,17,18)(H,19,22). The van der Waals surface area contributed by atoms with E-state index in [1.54, 1.807) is 19.1 Å². The van der Waals surface area contributed by atoms with Gasteiger partial charge >= 0.3 is 5.97 Å². The van der Waals surface area contributed by atoms with Crippen LogP contribution in [0, 0.1) is 10.1 Å². The fourth-order valence-corrected chi connectivity index (χ4v) is 1.94. The number of carbonyl (C=O) groups excluding carboxylic acids is 2. The zero-order valence-corrected chi connectivity index (χ0v) is 13.4. The second-order valence-electron chi connectivity index (χ2n) is 4.82. The van der Waals surface area contributed by atoms with E-state index in [0.29, 0.717) is 11.5 Å². The van der Waals surface area contributed by atoms with Crippen LogP contribution in [0.25, 0.3) is 0 Å². The fourth-order valence-electron chi connectivity index (χ4n) is 1.94. The summed E-state index contributed by atoms with van der Waals surface area (Å²) in [5.41, 5.74) is 0.524. The van der Waals surface area contributed by atoms with Crippen molar-refractivity contribution < 1.29 is 19.2 Å². The van der Waals surface area contributed by atoms with Crippen molar-refractivity contribution in [3.63, 3.8) is 0 Å². The van der Waals surface area contributed by atoms with Crippen molar-refractivity contribution in [1.29, 1.82) is 0 Å². The molecule has 0 radical (unpaired) electrons. The third kappa shape index (κ3) is 4.99. The molecule has 1 aromatic heterocycles. The van der Waals surface area contributed by atoms with Crippen LogP contribution < -0.4 is 10.6 Å². The monoisotopic (exact) mass is 344 g/mol. The zero-order valence-electron chi connectivity index (χ0n) is 13.4. The third-order valence-electron chi connectivity index (χ3n) is 3.10. The number of rotatable bonds is 7. The van der Waals surface area contributed by atoms with Gasteiger partial charge in [-0.05, 0) is 31.2 Å². The van der Waals surface area contributed by atoms with E-state index in [9.17, 15) is 19.7 Å². The maximum atomic E-state index is 12.3. The minimum atomic E-state index is -0.541. The van der Waals surface area contributed by atoms with Crippen LogP contribution in [0.4, 0.5) is 17.2 Å². The summed E-state index contributed by atoms with van der Waals surface area (Å²) in [5, 5.41) is 16.1. The van der Waals surface area contributed by atoms with E-state index >= 15 is 0 Å². The number of hydrogen-bond donors (Lipinski definition) is 2. The summed E-state index contributed by atoms with van der Waals surface area (Å²) in [7, 11) is 0. The van der Waals surface area contributed by atoms with E-state index in [0.717, 1.165) is 0 Å². The number of hydrogen-bond acceptors (Lipinski definition) is 7. The molecule has 0 aliphatic rings. The molecule has 25 heavy (non-hydrogen) atoms. The van der Waals surface area contributed by atoms with E-state index in [2.05, 4.69) is 15.6 Å². The van der Waals surface area contributed by atoms with Gasteiger partial charge in [0.15, 0.2) is 0 Å². The molecule has 0 saturated heterocycles. The molecule has 2 N–H and O–H groups in total. The van der Waals surface area contributed by atoms with Crippen molar-refractivity contribution >= 4 is 29.1 Å². The molecule has 0 aliphatic carbocycles. The van der Waals surface area contributed by atoms with E-state index < -0.39 is 16.8 Å². The predicted molar refractivity (Wildman–Crippen MR) is 90.4 cm³/mol. The molecule has 0 spiro atoms. The van der Waals surface area contributed by atoms with Crippen molar-refractivity contribution in [3.05, 3.63) is 58.3 Å². The van der Waals surface area contributed by atoms with Gasteiger partial charge in [-0.2, -0.15) is 0 Å². The number of benzene rings is 1. The van der Waals surface area contributed by atoms with Crippen LogP contribution in [0.5, 0.6) is 0 Å². The van der Waals surface area contributed by atoms with E-state index in [-0.39, 0.29) is 24.4 Å². The van der Waals surface area contributed by atoms with Crippen LogP contribution in [-0.4, -0.2) is 34.9 Å². The van der Waals surface area contributed by atoms with Crippen LogP contribution in [0.15, 0.2) is 42.6 Å². The normalized spacial score (nSPS) is 9.96. The number of anilines is 2. The SMILES string of the molecule is CCOC(=O)CNc1ncccc1NC(=O)c1ccc([N+](=O)[O-])cc1. The average molecular weight is 344 g/mol. The fraction of sp³-hybridized carbons (Fsp3) is 0.188. The summed E-state index contributed by atoms with van der Waals surface area (Å²) in [5.74, 6) is -0.589. The van der Waals surface area contributed by atoms with Crippen LogP contribution in [0.2, 0.25) is 0 Å². The Morgan fingerprint density at radius 3 is 2.60 bits per heavy atom. The molecule has 1 heterocycles. The maximum Gasteiger partial charge on any atom is 0.325 e. The van der Waals surface area contributed by atoms with Gasteiger partial charge in [0.1, 0.15) is 12.4 Å². The topological polar surface area (TPSA) is 123 Å². The molecule has 2 aromatic rings. The summed E-state index contributed by atoms with van der Waals surface area (Å²) >= 11 is 0. The van der Waals surface area contributed by atoms with Gasteiger partial charge < -0.3 is 15.4 Å². The van der Waals surface area contributed by atoms with Crippen molar-refractivity contribution in [2.45, 2.75) is 6.92 Å². The number of aromatic nitrogens is 1. The Morgan fingerprint density at radius 2 is 1.96 bits per heavy atom. The Hall–Kier alpha value is -3.49. The number of pyridine rings is 1. The Bertz CT molecular complexity index is 776. The lowest BCUT2D eigenvalue weighted by Crippen LogP contribution is -2.19. The number of carbonyl (C=O) groups is 2. The molecule has 1 aromatic carbocycles. The molecule has 9 nitrogen and oxygen atoms in total. The van der Waals surface area contributed by atoms with E-state index in [1.807, 2.05) is 0 Å². The van der Waals surface area contributed by atoms with Crippen LogP contribution in [-0.2, 0) is 9.53 Å². The lowest BCUT2D eigenvalue weighted by Gasteiger charge is -2.11. The largest absolute Gasteiger partial charge is 0.465 e. The Morgan fingerprint density at radius 1 is 1.24 bits per heavy atom. The lowest BCUT2D eigenvalue weighted by atomic mass is 10.2. The molecule has 9 heteroatoms. The van der Waals surface area contributed by atoms with Gasteiger partial charge in [-0.25, -0.2) is 4.98 Å². The number of esters is 1. The first-order valence-corrected chi connectivity index (χ1v) is 7.41. The highest BCUT2D eigenvalue weighted by molar-refractivity contribution is 6.05. The maximum absolute atomic E-state index is 12.3. The number of nitro groups is 1. The summed E-state index contributed by atoms with van der Waals surface area (Å²) in [4.78, 5) is 37.8. The number of amides is 1. The lowest BCUT2D eigenvalue weighted by molar-refractivity contribution is -0.384. The minimum Gasteiger partial charge on any atom is -0.465 e. The average Bonchev–Trinajstić information content (AvgIpc) is 2.61. The van der Waals surface area contributed by atoms with Gasteiger partial charge in [-0.1, -0.05) is 0 Å². The van der Waals surface area contributed by atoms with Gasteiger partial charge in [-0.3, -0.25) is 19.7 Å². The molecule has 0 unspecified atom stereocenters. The van der Waals surface area contributed by atoms with Crippen molar-refractivity contribution in [2.75, 3.05) is 23.8 Å². The Kier molecular flexibility index (Phi) is 5.99. The molecule has 2 rings (SSSR count). The highest BCUT2D eigenvalue weighted by atomic mass is 16.6. The highest BCUT2D eigenvalue weighted by Gasteiger charge is 2.12. The van der Waals surface area contributed by atoms with Crippen molar-refractivity contribution in [3.8, 4) is 0 Å². The number of nitro benzene ring substituents is 1. The Labute approximate surface area is 143 Å². The van der Waals surface area contributed by atoms with Crippen molar-refractivity contribution in [2.24, 2.45) is 0 Å². The van der Waals surface area contributed by atoms with E-state index in [1.165, 1.54) is 30.5 Å². The van der Waals surface area contributed by atoms with Gasteiger partial charge in [-0.15, -0.1) is 0 Å². The van der Waals surface area contributed by atoms with Gasteiger partial charge in [0.25, 0.3) is 11.6 Å². The molecular formula is C16H16N4O5. The van der Waals surface area contributed by atoms with E-state index in [4.69, 9.17) is 4.74 Å². The highest BCUT2D eigenvalue weighted by Crippen LogP contribution is 2.19. The van der Waals surface area contributed by atoms with Crippen molar-refractivity contribution in [1.82, 2.24) is 4.98 Å². The third-order valence-corrected chi connectivity index (χ3v) is 3.10. The molecule has 0 saturated carbocycles. The number of nitrogens with one attached hydrogen (secondary N) is 2. The minimum absolute atomic E-state index is 0.0920. The van der Waals surface area contributed by atoms with Gasteiger partial charge in [0.05, 0.1) is 17.2 Å². The molecule has 1 amide bonds. The van der Waals surface area contributed by atoms with Crippen LogP contribution in [0.1, 0.15) is 17.3 Å². The van der Waals surface area contributed by atoms with Gasteiger partial charge in [0.2, 0.25) is 0 Å². The summed E-state index contributed by atoms with van der Waals surface area (Å²) in [6.07, 6.45) is 1.51. The summed E-state index contributed by atoms with van der Waals surface area (Å²) in [6, 6.07) is 8.45. The molecule has 0 atom stereocenters. The van der Waals surface area contributed by atoms with Crippen LogP contribution in [0.3, 0.4) is 0 Å². The second kappa shape index (κ2) is 8.39. The smallest absolute Gasteiger partial charge is 0.325 e. The predicted octanol–water partition coefficient (Wildman–Crippen LogP) is 2.22. The van der Waals surface area contributed by atoms with Crippen LogP contribution >= 0.6 is 0 Å². The first-order chi connectivity index (χ1) is 12.0. The zero-order chi connectivity index (χ0) is 18.2. The second-order valence-corrected chi connectivity index (χ2v) is 4.82. The molecule has 0 bridgehead atoms. The first kappa shape index (κ1) is 17.9. The number of ether oxygens (including phenoxy) is 1. The molecule has 0 aliphatic heterocycles. The molecule has 0 fully saturated rings. The summed E-state index contributed by atoms with van der Waals surface area (Å²) in [6.45, 7) is 1.88. The Balaban J connectivity index is 2.07. The summed E-state index contributed by atoms with van der Waals surface area (Å²) < 4.78 is 4.81. The quantitative estimate of drug-likeness (QED) is 0.448. The molecular weight excluding hydrogens is 328 g/mol. The molecule has 130 valence electrons.